The maximum Gasteiger partial charge on any atom is 0.255 e. The molecule has 2 aromatic rings. The highest BCUT2D eigenvalue weighted by molar-refractivity contribution is 5.96. The summed E-state index contributed by atoms with van der Waals surface area (Å²) in [7, 11) is 0. The quantitative estimate of drug-likeness (QED) is 0.831. The number of pyridine rings is 1. The molecule has 7 nitrogen and oxygen atoms in total. The van der Waals surface area contributed by atoms with Gasteiger partial charge in [0.2, 0.25) is 0 Å². The predicted octanol–water partition coefficient (Wildman–Crippen LogP) is 2.58. The van der Waals surface area contributed by atoms with Crippen molar-refractivity contribution < 1.29 is 9.53 Å². The van der Waals surface area contributed by atoms with Gasteiger partial charge in [-0.1, -0.05) is 0 Å². The zero-order valence-corrected chi connectivity index (χ0v) is 16.9. The van der Waals surface area contributed by atoms with E-state index in [0.29, 0.717) is 18.2 Å². The van der Waals surface area contributed by atoms with E-state index in [1.165, 1.54) is 0 Å². The van der Waals surface area contributed by atoms with Gasteiger partial charge in [0.05, 0.1) is 11.9 Å². The van der Waals surface area contributed by atoms with Crippen LogP contribution in [0.25, 0.3) is 11.2 Å². The Morgan fingerprint density at radius 1 is 1.19 bits per heavy atom. The van der Waals surface area contributed by atoms with Crippen LogP contribution in [-0.2, 0) is 4.74 Å². The molecule has 2 saturated heterocycles. The van der Waals surface area contributed by atoms with Gasteiger partial charge in [0.1, 0.15) is 5.52 Å². The molecule has 2 aromatic heterocycles. The number of carbonyl (C=O) groups is 1. The van der Waals surface area contributed by atoms with Crippen LogP contribution in [0.4, 0.5) is 0 Å². The van der Waals surface area contributed by atoms with Crippen LogP contribution in [0.1, 0.15) is 48.5 Å². The van der Waals surface area contributed by atoms with Gasteiger partial charge in [-0.2, -0.15) is 0 Å². The Hall–Kier alpha value is -1.41. The lowest BCUT2D eigenvalue weighted by Gasteiger charge is -2.35. The molecule has 0 aliphatic carbocycles. The number of fused-ring (bicyclic) bond motifs is 1. The number of hydrogen-bond acceptors (Lipinski definition) is 5. The summed E-state index contributed by atoms with van der Waals surface area (Å²) >= 11 is 0. The van der Waals surface area contributed by atoms with Gasteiger partial charge in [-0.3, -0.25) is 4.79 Å². The first-order valence-corrected chi connectivity index (χ1v) is 9.19. The SMILES string of the molecule is Cl.Cl.NCC1CCCCN1C(=O)c1cnc2c(c1)ncn2C1CCOCC1. The Balaban J connectivity index is 0.00000131. The Labute approximate surface area is 171 Å². The fraction of sp³-hybridized carbons (Fsp3) is 0.611. The van der Waals surface area contributed by atoms with E-state index in [0.717, 1.165) is 63.0 Å². The number of nitrogens with zero attached hydrogens (tertiary/aromatic N) is 4. The first kappa shape index (κ1) is 21.9. The van der Waals surface area contributed by atoms with Crippen LogP contribution >= 0.6 is 24.8 Å². The molecule has 150 valence electrons. The highest BCUT2D eigenvalue weighted by Gasteiger charge is 2.27. The smallest absolute Gasteiger partial charge is 0.255 e. The maximum absolute atomic E-state index is 12.9. The molecule has 27 heavy (non-hydrogen) atoms. The first-order chi connectivity index (χ1) is 12.3. The van der Waals surface area contributed by atoms with E-state index < -0.39 is 0 Å². The molecule has 9 heteroatoms. The zero-order chi connectivity index (χ0) is 17.2. The van der Waals surface area contributed by atoms with E-state index in [1.807, 2.05) is 17.3 Å². The lowest BCUT2D eigenvalue weighted by Crippen LogP contribution is -2.47. The topological polar surface area (TPSA) is 86.3 Å². The number of carbonyl (C=O) groups excluding carboxylic acids is 1. The van der Waals surface area contributed by atoms with Gasteiger partial charge >= 0.3 is 0 Å². The third-order valence-corrected chi connectivity index (χ3v) is 5.40. The van der Waals surface area contributed by atoms with Crippen molar-refractivity contribution in [2.75, 3.05) is 26.3 Å². The number of rotatable bonds is 3. The largest absolute Gasteiger partial charge is 0.381 e. The molecule has 2 fully saturated rings. The summed E-state index contributed by atoms with van der Waals surface area (Å²) in [5, 5.41) is 0. The predicted molar refractivity (Wildman–Crippen MR) is 109 cm³/mol. The van der Waals surface area contributed by atoms with Gasteiger partial charge in [-0.15, -0.1) is 24.8 Å². The van der Waals surface area contributed by atoms with Crippen LogP contribution < -0.4 is 5.73 Å². The maximum atomic E-state index is 12.9. The molecule has 0 bridgehead atoms. The summed E-state index contributed by atoms with van der Waals surface area (Å²) in [5.41, 5.74) is 8.07. The van der Waals surface area contributed by atoms with Crippen molar-refractivity contribution in [3.63, 3.8) is 0 Å². The number of ether oxygens (including phenoxy) is 1. The van der Waals surface area contributed by atoms with Gasteiger partial charge < -0.3 is 19.9 Å². The number of aromatic nitrogens is 3. The minimum atomic E-state index is 0. The molecule has 1 atom stereocenters. The Kier molecular flexibility index (Phi) is 7.85. The summed E-state index contributed by atoms with van der Waals surface area (Å²) < 4.78 is 7.55. The third kappa shape index (κ3) is 4.37. The molecule has 0 spiro atoms. The van der Waals surface area contributed by atoms with Crippen LogP contribution in [0.15, 0.2) is 18.6 Å². The minimum absolute atomic E-state index is 0. The van der Waals surface area contributed by atoms with Crippen LogP contribution in [0, 0.1) is 0 Å². The van der Waals surface area contributed by atoms with Gasteiger partial charge in [-0.25, -0.2) is 9.97 Å². The lowest BCUT2D eigenvalue weighted by molar-refractivity contribution is 0.0623. The Bertz CT molecular complexity index is 763. The normalized spacial score (nSPS) is 20.8. The highest BCUT2D eigenvalue weighted by Crippen LogP contribution is 2.25. The number of halogens is 2. The molecular weight excluding hydrogens is 389 g/mol. The van der Waals surface area contributed by atoms with Gasteiger partial charge in [0.25, 0.3) is 5.91 Å². The molecule has 1 amide bonds. The third-order valence-electron chi connectivity index (χ3n) is 5.40. The molecule has 2 aliphatic rings. The minimum Gasteiger partial charge on any atom is -0.381 e. The van der Waals surface area contributed by atoms with Crippen LogP contribution in [-0.4, -0.2) is 57.7 Å². The van der Waals surface area contributed by atoms with E-state index >= 15 is 0 Å². The van der Waals surface area contributed by atoms with E-state index in [2.05, 4.69) is 14.5 Å². The van der Waals surface area contributed by atoms with Gasteiger partial charge in [-0.05, 0) is 38.2 Å². The van der Waals surface area contributed by atoms with E-state index in [4.69, 9.17) is 10.5 Å². The average molecular weight is 416 g/mol. The van der Waals surface area contributed by atoms with Crippen molar-refractivity contribution in [2.24, 2.45) is 5.73 Å². The lowest BCUT2D eigenvalue weighted by atomic mass is 10.0. The van der Waals surface area contributed by atoms with Crippen LogP contribution in [0.2, 0.25) is 0 Å². The first-order valence-electron chi connectivity index (χ1n) is 9.19. The second-order valence-corrected chi connectivity index (χ2v) is 6.95. The van der Waals surface area contributed by atoms with Crippen molar-refractivity contribution in [3.05, 3.63) is 24.2 Å². The Morgan fingerprint density at radius 2 is 1.96 bits per heavy atom. The molecule has 0 aromatic carbocycles. The summed E-state index contributed by atoms with van der Waals surface area (Å²) in [5.74, 6) is 0.0187. The number of imidazole rings is 1. The summed E-state index contributed by atoms with van der Waals surface area (Å²) in [6, 6.07) is 2.37. The van der Waals surface area contributed by atoms with Crippen molar-refractivity contribution in [1.29, 1.82) is 0 Å². The van der Waals surface area contributed by atoms with E-state index in [-0.39, 0.29) is 36.8 Å². The fourth-order valence-corrected chi connectivity index (χ4v) is 3.95. The summed E-state index contributed by atoms with van der Waals surface area (Å²) in [6.07, 6.45) is 8.63. The highest BCUT2D eigenvalue weighted by atomic mass is 35.5. The molecule has 2 aliphatic heterocycles. The average Bonchev–Trinajstić information content (AvgIpc) is 3.11. The van der Waals surface area contributed by atoms with E-state index in [1.54, 1.807) is 6.20 Å². The number of nitrogens with two attached hydrogens (primary N) is 1. The van der Waals surface area contributed by atoms with Crippen molar-refractivity contribution >= 4 is 41.9 Å². The standard InChI is InChI=1S/C18H25N5O2.2ClH/c19-10-15-3-1-2-6-22(15)18(24)13-9-16-17(20-11-13)23(12-21-16)14-4-7-25-8-5-14;;/h9,11-12,14-15H,1-8,10,19H2;2*1H. The van der Waals surface area contributed by atoms with Crippen molar-refractivity contribution in [1.82, 2.24) is 19.4 Å². The summed E-state index contributed by atoms with van der Waals surface area (Å²) in [6.45, 7) is 2.84. The number of piperidine rings is 1. The molecule has 0 saturated carbocycles. The molecule has 2 N–H and O–H groups in total. The number of amides is 1. The van der Waals surface area contributed by atoms with Gasteiger partial charge in [0.15, 0.2) is 5.65 Å². The molecule has 4 heterocycles. The van der Waals surface area contributed by atoms with Crippen molar-refractivity contribution in [2.45, 2.75) is 44.2 Å². The summed E-state index contributed by atoms with van der Waals surface area (Å²) in [4.78, 5) is 23.9. The Morgan fingerprint density at radius 3 is 2.70 bits per heavy atom. The monoisotopic (exact) mass is 415 g/mol. The van der Waals surface area contributed by atoms with Gasteiger partial charge in [0, 0.05) is 44.6 Å². The van der Waals surface area contributed by atoms with Crippen LogP contribution in [0.5, 0.6) is 0 Å². The van der Waals surface area contributed by atoms with E-state index in [9.17, 15) is 4.79 Å². The van der Waals surface area contributed by atoms with Crippen LogP contribution in [0.3, 0.4) is 0 Å². The number of hydrogen-bond donors (Lipinski definition) is 1. The molecule has 1 unspecified atom stereocenters. The second kappa shape index (κ2) is 9.68. The second-order valence-electron chi connectivity index (χ2n) is 6.95. The molecule has 4 rings (SSSR count). The number of likely N-dealkylation sites (tertiary alicyclic amines) is 1. The fourth-order valence-electron chi connectivity index (χ4n) is 3.95. The zero-order valence-electron chi connectivity index (χ0n) is 15.2. The van der Waals surface area contributed by atoms with Crippen molar-refractivity contribution in [3.8, 4) is 0 Å². The molecular formula is C18H27Cl2N5O2. The molecule has 0 radical (unpaired) electrons.